The fraction of sp³-hybridized carbons (Fsp3) is 0.306. The number of aromatic nitrogens is 6. The van der Waals surface area contributed by atoms with Gasteiger partial charge in [0, 0.05) is 50.5 Å². The van der Waals surface area contributed by atoms with Gasteiger partial charge in [-0.05, 0) is 72.8 Å². The largest absolute Gasteiger partial charge is 0.494 e. The zero-order chi connectivity index (χ0) is 32.2. The van der Waals surface area contributed by atoms with Crippen LogP contribution in [0.1, 0.15) is 17.7 Å². The lowest BCUT2D eigenvalue weighted by Gasteiger charge is -2.32. The molecule has 0 amide bonds. The number of likely N-dealkylation sites (N-methyl/N-ethyl adjacent to an activating group) is 1. The Hall–Kier alpha value is -4.26. The Bertz CT molecular complexity index is 2080. The molecule has 0 radical (unpaired) electrons. The molecule has 14 heteroatoms. The average Bonchev–Trinajstić information content (AvgIpc) is 3.56. The minimum atomic E-state index is -0.185. The van der Waals surface area contributed by atoms with E-state index in [2.05, 4.69) is 43.3 Å². The zero-order valence-electron chi connectivity index (χ0n) is 28.0. The molecule has 0 aliphatic carbocycles. The normalized spacial score (nSPS) is 13.3. The predicted octanol–water partition coefficient (Wildman–Crippen LogP) is 5.65. The number of fused-ring (bicyclic) bond motifs is 2. The third-order valence-electron chi connectivity index (χ3n) is 8.64. The lowest BCUT2D eigenvalue weighted by atomic mass is 10.1. The van der Waals surface area contributed by atoms with Crippen LogP contribution in [0.15, 0.2) is 89.7 Å². The lowest BCUT2D eigenvalue weighted by molar-refractivity contribution is 0.145. The van der Waals surface area contributed by atoms with E-state index in [0.717, 1.165) is 83.7 Å². The van der Waals surface area contributed by atoms with E-state index in [1.54, 1.807) is 11.6 Å². The number of ether oxygens (including phenoxy) is 2. The van der Waals surface area contributed by atoms with Crippen molar-refractivity contribution in [3.8, 4) is 22.9 Å². The molecular formula is C36H41Cl3N8O3. The highest BCUT2D eigenvalue weighted by Gasteiger charge is 2.16. The topological polar surface area (TPSA) is 103 Å². The van der Waals surface area contributed by atoms with E-state index in [-0.39, 0.29) is 48.6 Å². The van der Waals surface area contributed by atoms with Gasteiger partial charge in [0.05, 0.1) is 35.4 Å². The summed E-state index contributed by atoms with van der Waals surface area (Å²) in [5, 5.41) is 15.0. The van der Waals surface area contributed by atoms with E-state index in [1.807, 2.05) is 78.9 Å². The van der Waals surface area contributed by atoms with Crippen molar-refractivity contribution >= 4 is 59.0 Å². The molecule has 1 aliphatic heterocycles. The van der Waals surface area contributed by atoms with Crippen LogP contribution in [0.3, 0.4) is 0 Å². The number of rotatable bonds is 11. The van der Waals surface area contributed by atoms with Gasteiger partial charge >= 0.3 is 0 Å². The second kappa shape index (κ2) is 17.6. The third kappa shape index (κ3) is 9.09. The average molecular weight is 740 g/mol. The van der Waals surface area contributed by atoms with Crippen molar-refractivity contribution in [2.24, 2.45) is 7.05 Å². The van der Waals surface area contributed by atoms with Gasteiger partial charge in [0.25, 0.3) is 5.56 Å². The van der Waals surface area contributed by atoms with E-state index in [1.165, 1.54) is 4.80 Å². The molecule has 1 fully saturated rings. The van der Waals surface area contributed by atoms with E-state index >= 15 is 0 Å². The summed E-state index contributed by atoms with van der Waals surface area (Å²) >= 11 is 0. The van der Waals surface area contributed by atoms with Gasteiger partial charge in [0.15, 0.2) is 0 Å². The number of tetrazole rings is 1. The number of para-hydroxylation sites is 1. The highest BCUT2D eigenvalue weighted by atomic mass is 35.5. The Morgan fingerprint density at radius 1 is 0.780 bits per heavy atom. The summed E-state index contributed by atoms with van der Waals surface area (Å²) in [6.45, 7) is 6.83. The van der Waals surface area contributed by atoms with Crippen LogP contribution in [-0.4, -0.2) is 85.9 Å². The maximum Gasteiger partial charge on any atom is 0.262 e. The molecule has 6 aromatic rings. The quantitative estimate of drug-likeness (QED) is 0.156. The first-order valence-corrected chi connectivity index (χ1v) is 16.0. The second-order valence-corrected chi connectivity index (χ2v) is 12.1. The molecular weight excluding hydrogens is 699 g/mol. The molecule has 50 heavy (non-hydrogen) atoms. The van der Waals surface area contributed by atoms with Crippen molar-refractivity contribution in [3.63, 3.8) is 0 Å². The SMILES string of the molecule is CN1CCN(CCCOc2ccc3c(c2)cc(-c2nnn(Cc4cccc(OCc5ccc6ccccc6n5)c4)n2)c(=O)n3C)CC1.Cl.Cl.Cl. The van der Waals surface area contributed by atoms with E-state index in [9.17, 15) is 4.79 Å². The molecule has 0 unspecified atom stereocenters. The van der Waals surface area contributed by atoms with Crippen molar-refractivity contribution in [1.82, 2.24) is 39.6 Å². The molecule has 11 nitrogen and oxygen atoms in total. The summed E-state index contributed by atoms with van der Waals surface area (Å²) in [7, 11) is 3.93. The van der Waals surface area contributed by atoms with Crippen LogP contribution < -0.4 is 15.0 Å². The van der Waals surface area contributed by atoms with Gasteiger partial charge in [-0.2, -0.15) is 4.80 Å². The molecule has 264 valence electrons. The molecule has 3 aromatic carbocycles. The smallest absolute Gasteiger partial charge is 0.262 e. The summed E-state index contributed by atoms with van der Waals surface area (Å²) in [6.07, 6.45) is 0.962. The zero-order valence-corrected chi connectivity index (χ0v) is 30.4. The monoisotopic (exact) mass is 738 g/mol. The molecule has 0 bridgehead atoms. The van der Waals surface area contributed by atoms with Crippen molar-refractivity contribution in [2.75, 3.05) is 46.4 Å². The summed E-state index contributed by atoms with van der Waals surface area (Å²) in [4.78, 5) is 24.3. The number of aryl methyl sites for hydroxylation is 1. The summed E-state index contributed by atoms with van der Waals surface area (Å²) in [5.41, 5.74) is 3.76. The molecule has 0 spiro atoms. The van der Waals surface area contributed by atoms with Crippen LogP contribution in [0.4, 0.5) is 0 Å². The van der Waals surface area contributed by atoms with Crippen molar-refractivity contribution in [3.05, 3.63) is 107 Å². The Labute approximate surface area is 309 Å². The van der Waals surface area contributed by atoms with Gasteiger partial charge in [0.1, 0.15) is 18.1 Å². The Morgan fingerprint density at radius 2 is 1.58 bits per heavy atom. The van der Waals surface area contributed by atoms with E-state index in [0.29, 0.717) is 25.3 Å². The number of pyridine rings is 2. The second-order valence-electron chi connectivity index (χ2n) is 12.1. The first-order valence-electron chi connectivity index (χ1n) is 16.0. The van der Waals surface area contributed by atoms with Crippen LogP contribution in [-0.2, 0) is 20.2 Å². The van der Waals surface area contributed by atoms with Crippen LogP contribution in [0.5, 0.6) is 11.5 Å². The molecule has 0 atom stereocenters. The third-order valence-corrected chi connectivity index (χ3v) is 8.64. The predicted molar refractivity (Wildman–Crippen MR) is 203 cm³/mol. The number of halogens is 3. The van der Waals surface area contributed by atoms with E-state index < -0.39 is 0 Å². The first kappa shape index (κ1) is 38.5. The highest BCUT2D eigenvalue weighted by molar-refractivity contribution is 5.86. The highest BCUT2D eigenvalue weighted by Crippen LogP contribution is 2.24. The van der Waals surface area contributed by atoms with Crippen molar-refractivity contribution in [1.29, 1.82) is 0 Å². The minimum absolute atomic E-state index is 0. The number of hydrogen-bond donors (Lipinski definition) is 0. The number of piperazine rings is 1. The van der Waals surface area contributed by atoms with Crippen LogP contribution >= 0.6 is 37.2 Å². The molecule has 4 heterocycles. The van der Waals surface area contributed by atoms with Crippen molar-refractivity contribution < 1.29 is 9.47 Å². The molecule has 0 saturated carbocycles. The van der Waals surface area contributed by atoms with Crippen LogP contribution in [0.25, 0.3) is 33.2 Å². The first-order chi connectivity index (χ1) is 23.0. The maximum atomic E-state index is 13.3. The number of benzene rings is 3. The van der Waals surface area contributed by atoms with Gasteiger partial charge < -0.3 is 23.8 Å². The van der Waals surface area contributed by atoms with Gasteiger partial charge in [-0.25, -0.2) is 4.98 Å². The van der Waals surface area contributed by atoms with Gasteiger partial charge in [0.2, 0.25) is 5.82 Å². The Balaban J connectivity index is 0.00000187. The molecule has 1 aliphatic rings. The van der Waals surface area contributed by atoms with Gasteiger partial charge in [-0.15, -0.1) is 47.4 Å². The minimum Gasteiger partial charge on any atom is -0.494 e. The van der Waals surface area contributed by atoms with Crippen molar-refractivity contribution in [2.45, 2.75) is 19.6 Å². The molecule has 7 rings (SSSR count). The fourth-order valence-corrected chi connectivity index (χ4v) is 5.92. The number of nitrogens with zero attached hydrogens (tertiary/aromatic N) is 8. The molecule has 1 saturated heterocycles. The fourth-order valence-electron chi connectivity index (χ4n) is 5.92. The molecule has 3 aromatic heterocycles. The van der Waals surface area contributed by atoms with Crippen LogP contribution in [0.2, 0.25) is 0 Å². The summed E-state index contributed by atoms with van der Waals surface area (Å²) in [5.74, 6) is 1.77. The Kier molecular flexibility index (Phi) is 13.6. The number of hydrogen-bond acceptors (Lipinski definition) is 9. The lowest BCUT2D eigenvalue weighted by Crippen LogP contribution is -2.44. The molecule has 0 N–H and O–H groups in total. The summed E-state index contributed by atoms with van der Waals surface area (Å²) in [6, 6.07) is 27.5. The Morgan fingerprint density at radius 3 is 2.42 bits per heavy atom. The standard InChI is InChI=1S/C36H38N8O3.3ClH/c1-41-16-18-43(19-17-41)15-6-20-46-31-13-14-34-28(22-31)23-32(36(45)42(34)2)35-38-40-44(39-35)24-26-7-5-9-30(21-26)47-25-29-12-11-27-8-3-4-10-33(27)37-29;;;/h3-5,7-14,21-23H,6,15-20,24-25H2,1-2H3;3*1H. The van der Waals surface area contributed by atoms with Crippen LogP contribution in [0, 0.1) is 0 Å². The van der Waals surface area contributed by atoms with Gasteiger partial charge in [-0.1, -0.05) is 36.4 Å². The van der Waals surface area contributed by atoms with E-state index in [4.69, 9.17) is 9.47 Å². The van der Waals surface area contributed by atoms with Gasteiger partial charge in [-0.3, -0.25) is 4.79 Å². The maximum absolute atomic E-state index is 13.3. The summed E-state index contributed by atoms with van der Waals surface area (Å²) < 4.78 is 13.8.